The highest BCUT2D eigenvalue weighted by Gasteiger charge is 2.11. The van der Waals surface area contributed by atoms with Crippen LogP contribution in [0.15, 0.2) is 30.3 Å². The first-order valence-corrected chi connectivity index (χ1v) is 3.77. The van der Waals surface area contributed by atoms with Gasteiger partial charge in [0.05, 0.1) is 0 Å². The summed E-state index contributed by atoms with van der Waals surface area (Å²) in [5.41, 5.74) is 0.802. The van der Waals surface area contributed by atoms with Crippen LogP contribution in [0.3, 0.4) is 0 Å². The number of aliphatic hydroxyl groups is 2. The predicted octanol–water partition coefficient (Wildman–Crippen LogP) is 0.0405. The molecule has 70 valence electrons. The monoisotopic (exact) mass is 182 g/mol. The topological polar surface area (TPSA) is 66.8 Å². The van der Waals surface area contributed by atoms with Crippen LogP contribution in [0.4, 0.5) is 0 Å². The number of hydrogen-bond donors (Lipinski definition) is 2. The lowest BCUT2D eigenvalue weighted by atomic mass is 10.2. The molecular weight excluding hydrogens is 172 g/mol. The van der Waals surface area contributed by atoms with Crippen molar-refractivity contribution in [3.8, 4) is 0 Å². The third-order valence-corrected chi connectivity index (χ3v) is 1.43. The molecule has 1 aromatic carbocycles. The van der Waals surface area contributed by atoms with Gasteiger partial charge in [-0.15, -0.1) is 0 Å². The van der Waals surface area contributed by atoms with Crippen LogP contribution in [0.5, 0.6) is 0 Å². The van der Waals surface area contributed by atoms with Gasteiger partial charge >= 0.3 is 5.97 Å². The van der Waals surface area contributed by atoms with E-state index in [1.165, 1.54) is 0 Å². The summed E-state index contributed by atoms with van der Waals surface area (Å²) in [6.07, 6.45) is -2.05. The van der Waals surface area contributed by atoms with Crippen molar-refractivity contribution in [1.82, 2.24) is 0 Å². The zero-order valence-corrected chi connectivity index (χ0v) is 6.88. The maximum absolute atomic E-state index is 10.6. The van der Waals surface area contributed by atoms with Crippen molar-refractivity contribution in [2.45, 2.75) is 12.9 Å². The molecule has 0 aliphatic carbocycles. The lowest BCUT2D eigenvalue weighted by molar-refractivity contribution is -0.174. The third kappa shape index (κ3) is 3.23. The lowest BCUT2D eigenvalue weighted by Gasteiger charge is -2.05. The molecular formula is C9H10O4. The standard InChI is InChI=1S/C9H10O4/c10-8(11)9(12)13-6-7-4-2-1-3-5-7/h1-5,8,10-11H,6H2. The molecule has 0 amide bonds. The average Bonchev–Trinajstić information content (AvgIpc) is 2.15. The van der Waals surface area contributed by atoms with E-state index in [0.717, 1.165) is 5.56 Å². The van der Waals surface area contributed by atoms with Gasteiger partial charge in [0.1, 0.15) is 6.61 Å². The molecule has 0 spiro atoms. The second-order valence-corrected chi connectivity index (χ2v) is 2.47. The number of ether oxygens (including phenoxy) is 1. The Labute approximate surface area is 75.4 Å². The largest absolute Gasteiger partial charge is 0.457 e. The Morgan fingerprint density at radius 1 is 1.31 bits per heavy atom. The molecule has 0 saturated carbocycles. The number of aliphatic hydroxyl groups excluding tert-OH is 1. The van der Waals surface area contributed by atoms with Gasteiger partial charge in [-0.1, -0.05) is 30.3 Å². The third-order valence-electron chi connectivity index (χ3n) is 1.43. The molecule has 0 unspecified atom stereocenters. The minimum Gasteiger partial charge on any atom is -0.457 e. The highest BCUT2D eigenvalue weighted by Crippen LogP contribution is 2.00. The van der Waals surface area contributed by atoms with Crippen LogP contribution < -0.4 is 0 Å². The summed E-state index contributed by atoms with van der Waals surface area (Å²) >= 11 is 0. The minimum atomic E-state index is -2.05. The summed E-state index contributed by atoms with van der Waals surface area (Å²) in [4.78, 5) is 10.6. The van der Waals surface area contributed by atoms with Gasteiger partial charge in [0.15, 0.2) is 0 Å². The van der Waals surface area contributed by atoms with E-state index in [1.807, 2.05) is 6.07 Å². The Balaban J connectivity index is 2.40. The van der Waals surface area contributed by atoms with Crippen molar-refractivity contribution in [3.63, 3.8) is 0 Å². The molecule has 0 atom stereocenters. The zero-order chi connectivity index (χ0) is 9.68. The van der Waals surface area contributed by atoms with E-state index in [-0.39, 0.29) is 6.61 Å². The first-order chi connectivity index (χ1) is 6.20. The summed E-state index contributed by atoms with van der Waals surface area (Å²) < 4.78 is 4.55. The minimum absolute atomic E-state index is 0.0529. The van der Waals surface area contributed by atoms with E-state index in [2.05, 4.69) is 4.74 Å². The molecule has 0 radical (unpaired) electrons. The molecule has 2 N–H and O–H groups in total. The van der Waals surface area contributed by atoms with Gasteiger partial charge in [0, 0.05) is 0 Å². The van der Waals surface area contributed by atoms with E-state index in [4.69, 9.17) is 10.2 Å². The zero-order valence-electron chi connectivity index (χ0n) is 6.88. The summed E-state index contributed by atoms with van der Waals surface area (Å²) in [7, 11) is 0. The van der Waals surface area contributed by atoms with Gasteiger partial charge in [-0.05, 0) is 5.56 Å². The van der Waals surface area contributed by atoms with Crippen molar-refractivity contribution in [2.75, 3.05) is 0 Å². The molecule has 0 saturated heterocycles. The second kappa shape index (κ2) is 4.59. The maximum atomic E-state index is 10.6. The quantitative estimate of drug-likeness (QED) is 0.511. The van der Waals surface area contributed by atoms with Gasteiger partial charge < -0.3 is 14.9 Å². The number of esters is 1. The van der Waals surface area contributed by atoms with Crippen LogP contribution in [-0.2, 0) is 16.1 Å². The fourth-order valence-electron chi connectivity index (χ4n) is 0.803. The molecule has 0 aliphatic rings. The Morgan fingerprint density at radius 2 is 1.92 bits per heavy atom. The number of rotatable bonds is 3. The van der Waals surface area contributed by atoms with Crippen LogP contribution >= 0.6 is 0 Å². The molecule has 1 rings (SSSR count). The van der Waals surface area contributed by atoms with Crippen molar-refractivity contribution >= 4 is 5.97 Å². The smallest absolute Gasteiger partial charge is 0.363 e. The molecule has 13 heavy (non-hydrogen) atoms. The maximum Gasteiger partial charge on any atom is 0.363 e. The number of benzene rings is 1. The van der Waals surface area contributed by atoms with Crippen LogP contribution in [0.25, 0.3) is 0 Å². The van der Waals surface area contributed by atoms with Gasteiger partial charge in [0.25, 0.3) is 6.29 Å². The van der Waals surface area contributed by atoms with Crippen molar-refractivity contribution < 1.29 is 19.7 Å². The fourth-order valence-corrected chi connectivity index (χ4v) is 0.803. The normalized spacial score (nSPS) is 10.1. The van der Waals surface area contributed by atoms with Gasteiger partial charge in [-0.2, -0.15) is 0 Å². The highest BCUT2D eigenvalue weighted by molar-refractivity contribution is 5.72. The SMILES string of the molecule is O=C(OCc1ccccc1)C(O)O. The van der Waals surface area contributed by atoms with Crippen LogP contribution in [0.2, 0.25) is 0 Å². The summed E-state index contributed by atoms with van der Waals surface area (Å²) in [6, 6.07) is 9.00. The Morgan fingerprint density at radius 3 is 2.46 bits per heavy atom. The second-order valence-electron chi connectivity index (χ2n) is 2.47. The van der Waals surface area contributed by atoms with Crippen molar-refractivity contribution in [1.29, 1.82) is 0 Å². The average molecular weight is 182 g/mol. The number of carbonyl (C=O) groups is 1. The van der Waals surface area contributed by atoms with Gasteiger partial charge in [0.2, 0.25) is 0 Å². The van der Waals surface area contributed by atoms with E-state index in [1.54, 1.807) is 24.3 Å². The molecule has 4 heteroatoms. The molecule has 0 aromatic heterocycles. The molecule has 1 aromatic rings. The first kappa shape index (κ1) is 9.70. The number of hydrogen-bond acceptors (Lipinski definition) is 4. The molecule has 0 heterocycles. The van der Waals surface area contributed by atoms with Gasteiger partial charge in [-0.25, -0.2) is 4.79 Å². The predicted molar refractivity (Wildman–Crippen MR) is 44.5 cm³/mol. The summed E-state index contributed by atoms with van der Waals surface area (Å²) in [6.45, 7) is 0.0529. The molecule has 4 nitrogen and oxygen atoms in total. The van der Waals surface area contributed by atoms with Gasteiger partial charge in [-0.3, -0.25) is 0 Å². The number of carbonyl (C=O) groups excluding carboxylic acids is 1. The first-order valence-electron chi connectivity index (χ1n) is 3.77. The lowest BCUT2D eigenvalue weighted by Crippen LogP contribution is -2.21. The Kier molecular flexibility index (Phi) is 3.42. The molecule has 0 fully saturated rings. The van der Waals surface area contributed by atoms with E-state index >= 15 is 0 Å². The Hall–Kier alpha value is -1.39. The van der Waals surface area contributed by atoms with Crippen molar-refractivity contribution in [3.05, 3.63) is 35.9 Å². The van der Waals surface area contributed by atoms with Crippen LogP contribution in [0.1, 0.15) is 5.56 Å². The summed E-state index contributed by atoms with van der Waals surface area (Å²) in [5, 5.41) is 16.8. The summed E-state index contributed by atoms with van der Waals surface area (Å²) in [5.74, 6) is -1.04. The van der Waals surface area contributed by atoms with Crippen LogP contribution in [0, 0.1) is 0 Å². The fraction of sp³-hybridized carbons (Fsp3) is 0.222. The highest BCUT2D eigenvalue weighted by atomic mass is 16.6. The van der Waals surface area contributed by atoms with Crippen LogP contribution in [-0.4, -0.2) is 22.5 Å². The Bertz CT molecular complexity index is 268. The molecule has 0 aliphatic heterocycles. The van der Waals surface area contributed by atoms with Crippen molar-refractivity contribution in [2.24, 2.45) is 0 Å². The van der Waals surface area contributed by atoms with E-state index in [0.29, 0.717) is 0 Å². The van der Waals surface area contributed by atoms with E-state index < -0.39 is 12.3 Å². The molecule has 0 bridgehead atoms. The van der Waals surface area contributed by atoms with E-state index in [9.17, 15) is 4.79 Å².